The van der Waals surface area contributed by atoms with Gasteiger partial charge in [-0.2, -0.15) is 0 Å². The largest absolute Gasteiger partial charge is 0.478 e. The lowest BCUT2D eigenvalue weighted by atomic mass is 9.93. The number of nitrogens with two attached hydrogens (primary N) is 1. The Hall–Kier alpha value is -1.88. The van der Waals surface area contributed by atoms with Crippen LogP contribution in [0.2, 0.25) is 0 Å². The molecular weight excluding hydrogens is 244 g/mol. The monoisotopic (exact) mass is 264 g/mol. The van der Waals surface area contributed by atoms with Crippen LogP contribution in [0.3, 0.4) is 0 Å². The molecule has 0 bridgehead atoms. The van der Waals surface area contributed by atoms with Crippen molar-refractivity contribution in [1.29, 1.82) is 0 Å². The van der Waals surface area contributed by atoms with Crippen molar-refractivity contribution in [2.24, 2.45) is 5.73 Å². The maximum Gasteiger partial charge on any atom is 0.335 e. The Morgan fingerprint density at radius 2 is 1.89 bits per heavy atom. The predicted octanol–water partition coefficient (Wildman–Crippen LogP) is 2.15. The Bertz CT molecular complexity index is 493. The van der Waals surface area contributed by atoms with Gasteiger partial charge < -0.3 is 16.2 Å². The first-order valence-electron chi connectivity index (χ1n) is 6.28. The number of anilines is 1. The summed E-state index contributed by atoms with van der Waals surface area (Å²) in [7, 11) is 0. The fourth-order valence-corrected chi connectivity index (χ4v) is 1.81. The number of carbonyl (C=O) groups excluding carboxylic acids is 1. The number of carbonyl (C=O) groups is 2. The topological polar surface area (TPSA) is 92.4 Å². The third kappa shape index (κ3) is 3.32. The Balaban J connectivity index is 2.92. The second kappa shape index (κ2) is 5.84. The van der Waals surface area contributed by atoms with Gasteiger partial charge >= 0.3 is 5.97 Å². The van der Waals surface area contributed by atoms with E-state index in [1.807, 2.05) is 13.8 Å². The van der Waals surface area contributed by atoms with Gasteiger partial charge in [-0.3, -0.25) is 4.79 Å². The number of amides is 1. The Morgan fingerprint density at radius 1 is 1.32 bits per heavy atom. The molecule has 0 spiro atoms. The van der Waals surface area contributed by atoms with Crippen LogP contribution in [0.1, 0.15) is 42.6 Å². The molecule has 0 saturated carbocycles. The van der Waals surface area contributed by atoms with Crippen molar-refractivity contribution in [2.75, 3.05) is 5.32 Å². The number of carboxylic acids is 1. The molecule has 0 unspecified atom stereocenters. The zero-order valence-corrected chi connectivity index (χ0v) is 11.5. The van der Waals surface area contributed by atoms with Crippen LogP contribution in [0.4, 0.5) is 5.69 Å². The first-order chi connectivity index (χ1) is 8.84. The van der Waals surface area contributed by atoms with E-state index in [0.29, 0.717) is 24.1 Å². The van der Waals surface area contributed by atoms with E-state index in [1.165, 1.54) is 6.07 Å². The van der Waals surface area contributed by atoms with E-state index in [0.717, 1.165) is 0 Å². The van der Waals surface area contributed by atoms with Gasteiger partial charge in [-0.15, -0.1) is 0 Å². The van der Waals surface area contributed by atoms with Gasteiger partial charge in [0.25, 0.3) is 0 Å². The minimum Gasteiger partial charge on any atom is -0.478 e. The lowest BCUT2D eigenvalue weighted by Gasteiger charge is -2.25. The van der Waals surface area contributed by atoms with Gasteiger partial charge in [0.15, 0.2) is 0 Å². The molecule has 1 aromatic rings. The van der Waals surface area contributed by atoms with Crippen molar-refractivity contribution in [3.05, 3.63) is 29.3 Å². The molecule has 0 radical (unpaired) electrons. The van der Waals surface area contributed by atoms with E-state index in [-0.39, 0.29) is 11.5 Å². The van der Waals surface area contributed by atoms with Gasteiger partial charge in [-0.1, -0.05) is 13.8 Å². The maximum absolute atomic E-state index is 12.1. The highest BCUT2D eigenvalue weighted by molar-refractivity contribution is 5.98. The van der Waals surface area contributed by atoms with E-state index in [4.69, 9.17) is 10.8 Å². The third-order valence-electron chi connectivity index (χ3n) is 3.43. The maximum atomic E-state index is 12.1. The molecule has 5 heteroatoms. The van der Waals surface area contributed by atoms with Gasteiger partial charge in [0.05, 0.1) is 11.1 Å². The molecule has 0 saturated heterocycles. The number of carboxylic acid groups (broad SMARTS) is 1. The Morgan fingerprint density at radius 3 is 2.32 bits per heavy atom. The van der Waals surface area contributed by atoms with Gasteiger partial charge in [0.2, 0.25) is 5.91 Å². The smallest absolute Gasteiger partial charge is 0.335 e. The van der Waals surface area contributed by atoms with Crippen LogP contribution in [-0.2, 0) is 4.79 Å². The lowest BCUT2D eigenvalue weighted by molar-refractivity contribution is -0.121. The number of benzene rings is 1. The second-order valence-electron chi connectivity index (χ2n) is 4.65. The molecule has 0 aliphatic rings. The molecule has 0 aliphatic heterocycles. The molecule has 1 amide bonds. The van der Waals surface area contributed by atoms with Crippen molar-refractivity contribution in [3.8, 4) is 0 Å². The molecule has 4 N–H and O–H groups in total. The Kier molecular flexibility index (Phi) is 4.67. The average Bonchev–Trinajstić information content (AvgIpc) is 2.37. The highest BCUT2D eigenvalue weighted by Gasteiger charge is 2.29. The number of hydrogen-bond donors (Lipinski definition) is 3. The summed E-state index contributed by atoms with van der Waals surface area (Å²) in [5.74, 6) is -1.23. The van der Waals surface area contributed by atoms with Crippen molar-refractivity contribution < 1.29 is 14.7 Å². The van der Waals surface area contributed by atoms with Gasteiger partial charge in [0.1, 0.15) is 0 Å². The molecule has 1 aromatic carbocycles. The van der Waals surface area contributed by atoms with Crippen molar-refractivity contribution >= 4 is 17.6 Å². The van der Waals surface area contributed by atoms with Crippen LogP contribution in [0.15, 0.2) is 18.2 Å². The van der Waals surface area contributed by atoms with Crippen LogP contribution < -0.4 is 11.1 Å². The number of aromatic carboxylic acids is 1. The minimum absolute atomic E-state index is 0.225. The van der Waals surface area contributed by atoms with E-state index in [1.54, 1.807) is 19.1 Å². The summed E-state index contributed by atoms with van der Waals surface area (Å²) < 4.78 is 0. The molecule has 0 atom stereocenters. The van der Waals surface area contributed by atoms with Crippen molar-refractivity contribution in [1.82, 2.24) is 0 Å². The first kappa shape index (κ1) is 15.2. The molecule has 0 aliphatic carbocycles. The van der Waals surface area contributed by atoms with Crippen LogP contribution in [0, 0.1) is 6.92 Å². The molecule has 0 heterocycles. The minimum atomic E-state index is -0.981. The zero-order chi connectivity index (χ0) is 14.6. The summed E-state index contributed by atoms with van der Waals surface area (Å²) in [5, 5.41) is 11.7. The third-order valence-corrected chi connectivity index (χ3v) is 3.43. The summed E-state index contributed by atoms with van der Waals surface area (Å²) in [4.78, 5) is 23.0. The number of rotatable bonds is 5. The summed E-state index contributed by atoms with van der Waals surface area (Å²) in [6.07, 6.45) is 1.09. The molecule has 0 fully saturated rings. The average molecular weight is 264 g/mol. The predicted molar refractivity (Wildman–Crippen MR) is 74.3 cm³/mol. The molecule has 0 aromatic heterocycles. The van der Waals surface area contributed by atoms with E-state index >= 15 is 0 Å². The highest BCUT2D eigenvalue weighted by atomic mass is 16.4. The number of nitrogens with one attached hydrogen (secondary N) is 1. The van der Waals surface area contributed by atoms with Gasteiger partial charge in [-0.05, 0) is 43.5 Å². The van der Waals surface area contributed by atoms with Crippen molar-refractivity contribution in [2.45, 2.75) is 39.2 Å². The first-order valence-corrected chi connectivity index (χ1v) is 6.28. The van der Waals surface area contributed by atoms with Crippen LogP contribution in [-0.4, -0.2) is 22.5 Å². The zero-order valence-electron chi connectivity index (χ0n) is 11.5. The summed E-state index contributed by atoms with van der Waals surface area (Å²) in [6.45, 7) is 5.41. The SMILES string of the molecule is CCC(N)(CC)C(=O)Nc1ccc(C(=O)O)c(C)c1. The number of aryl methyl sites for hydroxylation is 1. The van der Waals surface area contributed by atoms with Crippen LogP contribution in [0.25, 0.3) is 0 Å². The van der Waals surface area contributed by atoms with Crippen LogP contribution >= 0.6 is 0 Å². The molecule has 104 valence electrons. The number of hydrogen-bond acceptors (Lipinski definition) is 3. The van der Waals surface area contributed by atoms with E-state index in [9.17, 15) is 9.59 Å². The summed E-state index contributed by atoms with van der Waals surface area (Å²) >= 11 is 0. The van der Waals surface area contributed by atoms with E-state index in [2.05, 4.69) is 5.32 Å². The fraction of sp³-hybridized carbons (Fsp3) is 0.429. The summed E-state index contributed by atoms with van der Waals surface area (Å²) in [6, 6.07) is 4.68. The molecule has 5 nitrogen and oxygen atoms in total. The van der Waals surface area contributed by atoms with Gasteiger partial charge in [0, 0.05) is 5.69 Å². The lowest BCUT2D eigenvalue weighted by Crippen LogP contribution is -2.50. The quantitative estimate of drug-likeness (QED) is 0.759. The van der Waals surface area contributed by atoms with E-state index < -0.39 is 11.5 Å². The summed E-state index contributed by atoms with van der Waals surface area (Å²) in [5.41, 5.74) is 6.49. The standard InChI is InChI=1S/C14H20N2O3/c1-4-14(15,5-2)13(19)16-10-6-7-11(12(17)18)9(3)8-10/h6-8H,4-5,15H2,1-3H3,(H,16,19)(H,17,18). The second-order valence-corrected chi connectivity index (χ2v) is 4.65. The van der Waals surface area contributed by atoms with Crippen molar-refractivity contribution in [3.63, 3.8) is 0 Å². The Labute approximate surface area is 112 Å². The van der Waals surface area contributed by atoms with Crippen LogP contribution in [0.5, 0.6) is 0 Å². The normalized spacial score (nSPS) is 11.2. The molecule has 19 heavy (non-hydrogen) atoms. The highest BCUT2D eigenvalue weighted by Crippen LogP contribution is 2.18. The van der Waals surface area contributed by atoms with Gasteiger partial charge in [-0.25, -0.2) is 4.79 Å². The molecule has 1 rings (SSSR count). The fourth-order valence-electron chi connectivity index (χ4n) is 1.81. The molecular formula is C14H20N2O3.